The lowest BCUT2D eigenvalue weighted by molar-refractivity contribution is 0.629. The minimum absolute atomic E-state index is 0.239. The largest absolute Gasteiger partial charge is 0.313 e. The molecule has 0 heterocycles. The Balaban J connectivity index is 2.27. The third-order valence-electron chi connectivity index (χ3n) is 2.71. The maximum absolute atomic E-state index is 11.1. The van der Waals surface area contributed by atoms with Crippen LogP contribution < -0.4 is 5.32 Å². The predicted molar refractivity (Wildman–Crippen MR) is 71.0 cm³/mol. The number of hydrogen-bond donors (Lipinski definition) is 1. The lowest BCUT2D eigenvalue weighted by Gasteiger charge is -2.09. The van der Waals surface area contributed by atoms with Crippen LogP contribution in [0.25, 0.3) is 0 Å². The Hall–Kier alpha value is -1.18. The van der Waals surface area contributed by atoms with Crippen molar-refractivity contribution in [1.82, 2.24) is 5.32 Å². The highest BCUT2D eigenvalue weighted by Crippen LogP contribution is 2.03. The van der Waals surface area contributed by atoms with E-state index in [1.807, 2.05) is 31.2 Å². The van der Waals surface area contributed by atoms with Crippen molar-refractivity contribution in [3.63, 3.8) is 0 Å². The van der Waals surface area contributed by atoms with Crippen molar-refractivity contribution in [2.24, 2.45) is 0 Å². The maximum Gasteiger partial charge on any atom is 0.0991 e. The van der Waals surface area contributed by atoms with E-state index in [0.29, 0.717) is 5.56 Å². The zero-order valence-electron chi connectivity index (χ0n) is 10.3. The molecule has 0 spiro atoms. The second kappa shape index (κ2) is 7.21. The molecular weight excluding hydrogens is 232 g/mol. The first kappa shape index (κ1) is 13.9. The summed E-state index contributed by atoms with van der Waals surface area (Å²) >= 11 is 0. The topological polar surface area (TPSA) is 52.9 Å². The Kier molecular flexibility index (Phi) is 5.88. The molecule has 1 rings (SSSR count). The number of nitrogens with one attached hydrogen (secondary N) is 1. The van der Waals surface area contributed by atoms with E-state index in [0.717, 1.165) is 25.1 Å². The molecule has 2 unspecified atom stereocenters. The van der Waals surface area contributed by atoms with E-state index < -0.39 is 10.8 Å². The van der Waals surface area contributed by atoms with Gasteiger partial charge in [0.25, 0.3) is 0 Å². The summed E-state index contributed by atoms with van der Waals surface area (Å²) in [5, 5.41) is 12.2. The highest BCUT2D eigenvalue weighted by Gasteiger charge is 2.04. The smallest absolute Gasteiger partial charge is 0.0991 e. The summed E-state index contributed by atoms with van der Waals surface area (Å²) in [5.41, 5.74) is 1.85. The van der Waals surface area contributed by atoms with Crippen LogP contribution in [0.1, 0.15) is 24.5 Å². The zero-order valence-corrected chi connectivity index (χ0v) is 11.1. The Morgan fingerprint density at radius 2 is 2.06 bits per heavy atom. The van der Waals surface area contributed by atoms with Gasteiger partial charge in [-0.1, -0.05) is 19.1 Å². The molecule has 0 aliphatic rings. The predicted octanol–water partition coefficient (Wildman–Crippen LogP) is 1.80. The molecule has 1 aromatic rings. The maximum atomic E-state index is 11.1. The number of benzene rings is 1. The molecule has 0 aliphatic carbocycles. The molecule has 17 heavy (non-hydrogen) atoms. The fraction of sp³-hybridized carbons (Fsp3) is 0.462. The van der Waals surface area contributed by atoms with Gasteiger partial charge in [-0.15, -0.1) is 0 Å². The molecule has 0 fully saturated rings. The van der Waals surface area contributed by atoms with Crippen molar-refractivity contribution in [3.05, 3.63) is 35.4 Å². The van der Waals surface area contributed by atoms with E-state index in [-0.39, 0.29) is 5.25 Å². The minimum atomic E-state index is -0.739. The molecular formula is C13H18N2OS. The van der Waals surface area contributed by atoms with Crippen LogP contribution in [-0.2, 0) is 17.3 Å². The van der Waals surface area contributed by atoms with Crippen molar-refractivity contribution in [2.45, 2.75) is 25.1 Å². The standard InChI is InChI=1S/C13H18N2OS/c1-11(17(2)16)7-8-15-10-13-5-3-12(9-14)4-6-13/h3-6,11,15H,7-8,10H2,1-2H3. The summed E-state index contributed by atoms with van der Waals surface area (Å²) in [4.78, 5) is 0. The van der Waals surface area contributed by atoms with Crippen LogP contribution >= 0.6 is 0 Å². The first-order chi connectivity index (χ1) is 8.13. The van der Waals surface area contributed by atoms with E-state index in [2.05, 4.69) is 11.4 Å². The minimum Gasteiger partial charge on any atom is -0.313 e. The molecule has 0 amide bonds. The van der Waals surface area contributed by atoms with Crippen LogP contribution in [0.2, 0.25) is 0 Å². The lowest BCUT2D eigenvalue weighted by Crippen LogP contribution is -2.20. The quantitative estimate of drug-likeness (QED) is 0.783. The first-order valence-corrected chi connectivity index (χ1v) is 7.27. The lowest BCUT2D eigenvalue weighted by atomic mass is 10.1. The van der Waals surface area contributed by atoms with Gasteiger partial charge < -0.3 is 5.32 Å². The van der Waals surface area contributed by atoms with Crippen molar-refractivity contribution in [3.8, 4) is 6.07 Å². The average molecular weight is 250 g/mol. The Morgan fingerprint density at radius 3 is 2.59 bits per heavy atom. The van der Waals surface area contributed by atoms with Gasteiger partial charge in [0.2, 0.25) is 0 Å². The van der Waals surface area contributed by atoms with Gasteiger partial charge in [-0.2, -0.15) is 5.26 Å². The second-order valence-electron chi connectivity index (χ2n) is 4.08. The summed E-state index contributed by atoms with van der Waals surface area (Å²) in [5.74, 6) is 0. The third kappa shape index (κ3) is 5.12. The molecule has 4 heteroatoms. The van der Waals surface area contributed by atoms with Gasteiger partial charge in [-0.25, -0.2) is 0 Å². The van der Waals surface area contributed by atoms with Crippen LogP contribution in [0, 0.1) is 11.3 Å². The molecule has 0 aliphatic heterocycles. The van der Waals surface area contributed by atoms with E-state index in [4.69, 9.17) is 5.26 Å². The van der Waals surface area contributed by atoms with Crippen LogP contribution in [-0.4, -0.2) is 22.3 Å². The molecule has 0 aromatic heterocycles. The van der Waals surface area contributed by atoms with Crippen molar-refractivity contribution in [1.29, 1.82) is 5.26 Å². The second-order valence-corrected chi connectivity index (χ2v) is 5.89. The van der Waals surface area contributed by atoms with Crippen molar-refractivity contribution >= 4 is 10.8 Å². The molecule has 1 aromatic carbocycles. The summed E-state index contributed by atoms with van der Waals surface area (Å²) in [6.07, 6.45) is 2.66. The van der Waals surface area contributed by atoms with Gasteiger partial charge in [0, 0.05) is 28.9 Å². The summed E-state index contributed by atoms with van der Waals surface area (Å²) < 4.78 is 11.1. The zero-order chi connectivity index (χ0) is 12.7. The van der Waals surface area contributed by atoms with Gasteiger partial charge in [0.1, 0.15) is 0 Å². The number of nitriles is 1. The summed E-state index contributed by atoms with van der Waals surface area (Å²) in [6.45, 7) is 3.65. The van der Waals surface area contributed by atoms with E-state index >= 15 is 0 Å². The SMILES string of the molecule is CC(CCNCc1ccc(C#N)cc1)S(C)=O. The summed E-state index contributed by atoms with van der Waals surface area (Å²) in [6, 6.07) is 9.64. The van der Waals surface area contributed by atoms with Gasteiger partial charge >= 0.3 is 0 Å². The Bertz CT molecular complexity index is 408. The highest BCUT2D eigenvalue weighted by atomic mass is 32.2. The average Bonchev–Trinajstić information content (AvgIpc) is 2.35. The van der Waals surface area contributed by atoms with E-state index in [1.54, 1.807) is 6.26 Å². The monoisotopic (exact) mass is 250 g/mol. The molecule has 0 bridgehead atoms. The van der Waals surface area contributed by atoms with Crippen molar-refractivity contribution < 1.29 is 4.21 Å². The number of rotatable bonds is 6. The van der Waals surface area contributed by atoms with Gasteiger partial charge in [0.15, 0.2) is 0 Å². The first-order valence-electron chi connectivity index (χ1n) is 5.65. The molecule has 0 saturated heterocycles. The normalized spacial score (nSPS) is 13.9. The van der Waals surface area contributed by atoms with Crippen molar-refractivity contribution in [2.75, 3.05) is 12.8 Å². The Labute approximate surface area is 105 Å². The number of hydrogen-bond acceptors (Lipinski definition) is 3. The van der Waals surface area contributed by atoms with E-state index in [9.17, 15) is 4.21 Å². The molecule has 0 saturated carbocycles. The molecule has 2 atom stereocenters. The fourth-order valence-corrected chi connectivity index (χ4v) is 1.85. The van der Waals surface area contributed by atoms with Crippen LogP contribution in [0.5, 0.6) is 0 Å². The van der Waals surface area contributed by atoms with Gasteiger partial charge in [-0.05, 0) is 30.7 Å². The van der Waals surface area contributed by atoms with Crippen LogP contribution in [0.3, 0.4) is 0 Å². The summed E-state index contributed by atoms with van der Waals surface area (Å²) in [7, 11) is -0.739. The van der Waals surface area contributed by atoms with Crippen LogP contribution in [0.15, 0.2) is 24.3 Å². The molecule has 1 N–H and O–H groups in total. The van der Waals surface area contributed by atoms with Crippen LogP contribution in [0.4, 0.5) is 0 Å². The van der Waals surface area contributed by atoms with Gasteiger partial charge in [-0.3, -0.25) is 4.21 Å². The molecule has 3 nitrogen and oxygen atoms in total. The van der Waals surface area contributed by atoms with Gasteiger partial charge in [0.05, 0.1) is 11.6 Å². The number of nitrogens with zero attached hydrogens (tertiary/aromatic N) is 1. The molecule has 92 valence electrons. The third-order valence-corrected chi connectivity index (χ3v) is 4.08. The van der Waals surface area contributed by atoms with E-state index in [1.165, 1.54) is 0 Å². The highest BCUT2D eigenvalue weighted by molar-refractivity contribution is 7.84. The molecule has 0 radical (unpaired) electrons. The Morgan fingerprint density at radius 1 is 1.41 bits per heavy atom. The fourth-order valence-electron chi connectivity index (χ4n) is 1.40.